The molecule has 1 N–H and O–H groups in total. The molecule has 8 heteroatoms. The lowest BCUT2D eigenvalue weighted by atomic mass is 9.96. The Hall–Kier alpha value is -2.57. The molecule has 2 aromatic carbocycles. The maximum atomic E-state index is 6.61. The molecule has 2 aromatic heterocycles. The fourth-order valence-corrected chi connectivity index (χ4v) is 5.53. The lowest BCUT2D eigenvalue weighted by molar-refractivity contribution is 0.565. The fraction of sp³-hybridized carbons (Fsp3) is 0.154. The zero-order valence-electron chi connectivity index (χ0n) is 18.5. The van der Waals surface area contributed by atoms with Gasteiger partial charge < -0.3 is 14.8 Å². The van der Waals surface area contributed by atoms with Crippen LogP contribution in [0.1, 0.15) is 34.7 Å². The van der Waals surface area contributed by atoms with E-state index in [2.05, 4.69) is 39.7 Å². The molecule has 3 heterocycles. The Balaban J connectivity index is 1.70. The van der Waals surface area contributed by atoms with E-state index in [4.69, 9.17) is 47.0 Å². The van der Waals surface area contributed by atoms with E-state index in [1.807, 2.05) is 54.6 Å². The minimum Gasteiger partial charge on any atom is -0.351 e. The summed E-state index contributed by atoms with van der Waals surface area (Å²) in [5, 5.41) is 5.85. The third-order valence-corrected chi connectivity index (χ3v) is 7.54. The van der Waals surface area contributed by atoms with Crippen LogP contribution in [-0.2, 0) is 0 Å². The molecule has 1 fully saturated rings. The van der Waals surface area contributed by atoms with Gasteiger partial charge in [-0.2, -0.15) is 0 Å². The van der Waals surface area contributed by atoms with Crippen LogP contribution in [0.4, 0.5) is 5.69 Å². The van der Waals surface area contributed by atoms with Gasteiger partial charge in [0.2, 0.25) is 0 Å². The fourth-order valence-electron chi connectivity index (χ4n) is 4.67. The van der Waals surface area contributed by atoms with Crippen LogP contribution in [0.3, 0.4) is 0 Å². The van der Waals surface area contributed by atoms with Crippen LogP contribution < -0.4 is 10.2 Å². The number of halogens is 3. The number of aromatic nitrogens is 2. The number of aryl methyl sites for hydroxylation is 1. The van der Waals surface area contributed by atoms with E-state index in [-0.39, 0.29) is 12.1 Å². The second-order valence-electron chi connectivity index (χ2n) is 8.21. The normalized spacial score (nSPS) is 17.8. The minimum absolute atomic E-state index is 0.138. The first kappa shape index (κ1) is 23.2. The Morgan fingerprint density at radius 2 is 1.71 bits per heavy atom. The van der Waals surface area contributed by atoms with E-state index in [1.165, 1.54) is 0 Å². The number of nitrogens with one attached hydrogen (secondary N) is 1. The van der Waals surface area contributed by atoms with Gasteiger partial charge in [-0.25, -0.2) is 0 Å². The van der Waals surface area contributed by atoms with Crippen LogP contribution in [-0.4, -0.2) is 14.7 Å². The van der Waals surface area contributed by atoms with Gasteiger partial charge in [-0.3, -0.25) is 4.98 Å². The first-order valence-electron chi connectivity index (χ1n) is 10.8. The van der Waals surface area contributed by atoms with Crippen molar-refractivity contribution in [3.8, 4) is 5.69 Å². The molecule has 1 aliphatic rings. The predicted octanol–water partition coefficient (Wildman–Crippen LogP) is 7.63. The largest absolute Gasteiger partial charge is 0.351 e. The number of nitrogens with zero attached hydrogens (tertiary/aromatic N) is 3. The summed E-state index contributed by atoms with van der Waals surface area (Å²) < 4.78 is 2.14. The molecule has 34 heavy (non-hydrogen) atoms. The van der Waals surface area contributed by atoms with Gasteiger partial charge in [-0.1, -0.05) is 46.9 Å². The second kappa shape index (κ2) is 9.23. The smallest absolute Gasteiger partial charge is 0.174 e. The van der Waals surface area contributed by atoms with Crippen LogP contribution in [0.15, 0.2) is 72.9 Å². The summed E-state index contributed by atoms with van der Waals surface area (Å²) in [6.45, 7) is 4.16. The standard InChI is InChI=1S/C26H21Cl3N4S/c1-15-14-19(16(2)32(15)22-8-5-6-20(28)23(22)29)25-24(21-7-3-4-13-30-21)31-26(34)33(25)18-11-9-17(27)10-12-18/h3-14,24-25H,1-2H3,(H,31,34)/t24-,25+/m1/s1. The number of hydrogen-bond donors (Lipinski definition) is 1. The number of thiocarbonyl (C=S) groups is 1. The predicted molar refractivity (Wildman–Crippen MR) is 145 cm³/mol. The number of benzene rings is 2. The molecule has 4 nitrogen and oxygen atoms in total. The van der Waals surface area contributed by atoms with Crippen molar-refractivity contribution in [3.63, 3.8) is 0 Å². The first-order chi connectivity index (χ1) is 16.4. The van der Waals surface area contributed by atoms with Gasteiger partial charge in [0, 0.05) is 28.3 Å². The van der Waals surface area contributed by atoms with E-state index in [1.54, 1.807) is 12.3 Å². The maximum Gasteiger partial charge on any atom is 0.174 e. The van der Waals surface area contributed by atoms with Crippen LogP contribution in [0.2, 0.25) is 15.1 Å². The van der Waals surface area contributed by atoms with Crippen LogP contribution in [0, 0.1) is 13.8 Å². The molecule has 0 spiro atoms. The van der Waals surface area contributed by atoms with Crippen LogP contribution in [0.25, 0.3) is 5.69 Å². The zero-order chi connectivity index (χ0) is 24.0. The van der Waals surface area contributed by atoms with Crippen molar-refractivity contribution in [1.29, 1.82) is 0 Å². The van der Waals surface area contributed by atoms with Crippen LogP contribution in [0.5, 0.6) is 0 Å². The van der Waals surface area contributed by atoms with Crippen molar-refractivity contribution in [2.75, 3.05) is 4.90 Å². The molecule has 0 saturated carbocycles. The molecule has 5 rings (SSSR count). The summed E-state index contributed by atoms with van der Waals surface area (Å²) in [5.74, 6) is 0. The molecule has 1 aliphatic heterocycles. The van der Waals surface area contributed by atoms with Gasteiger partial charge in [-0.05, 0) is 86.2 Å². The second-order valence-corrected chi connectivity index (χ2v) is 9.82. The number of rotatable bonds is 4. The number of pyridine rings is 1. The molecule has 0 amide bonds. The third-order valence-electron chi connectivity index (χ3n) is 6.16. The Morgan fingerprint density at radius 3 is 2.41 bits per heavy atom. The topological polar surface area (TPSA) is 33.1 Å². The summed E-state index contributed by atoms with van der Waals surface area (Å²) in [7, 11) is 0. The molecule has 0 aliphatic carbocycles. The minimum atomic E-state index is -0.145. The maximum absolute atomic E-state index is 6.61. The highest BCUT2D eigenvalue weighted by Gasteiger charge is 2.42. The SMILES string of the molecule is Cc1cc([C@H]2[C@@H](c3ccccn3)NC(=S)N2c2ccc(Cl)cc2)c(C)n1-c1cccc(Cl)c1Cl. The third kappa shape index (κ3) is 3.97. The summed E-state index contributed by atoms with van der Waals surface area (Å²) in [4.78, 5) is 6.78. The van der Waals surface area contributed by atoms with Crippen molar-refractivity contribution >= 4 is 57.8 Å². The Labute approximate surface area is 219 Å². The van der Waals surface area contributed by atoms with Crippen molar-refractivity contribution in [2.24, 2.45) is 0 Å². The lowest BCUT2D eigenvalue weighted by Gasteiger charge is -2.28. The van der Waals surface area contributed by atoms with Crippen LogP contribution >= 0.6 is 47.0 Å². The van der Waals surface area contributed by atoms with Gasteiger partial charge in [0.15, 0.2) is 5.11 Å². The quantitative estimate of drug-likeness (QED) is 0.277. The molecule has 0 radical (unpaired) electrons. The Kier molecular flexibility index (Phi) is 6.30. The molecular weight excluding hydrogens is 507 g/mol. The van der Waals surface area contributed by atoms with E-state index in [9.17, 15) is 0 Å². The van der Waals surface area contributed by atoms with Crippen molar-refractivity contribution in [2.45, 2.75) is 25.9 Å². The number of anilines is 1. The molecule has 1 saturated heterocycles. The summed E-state index contributed by atoms with van der Waals surface area (Å²) in [6.07, 6.45) is 1.80. The molecule has 0 unspecified atom stereocenters. The highest BCUT2D eigenvalue weighted by Crippen LogP contribution is 2.44. The van der Waals surface area contributed by atoms with Gasteiger partial charge in [0.25, 0.3) is 0 Å². The van der Waals surface area contributed by atoms with Gasteiger partial charge in [-0.15, -0.1) is 0 Å². The first-order valence-corrected chi connectivity index (χ1v) is 12.3. The average Bonchev–Trinajstić information content (AvgIpc) is 3.32. The molecule has 2 atom stereocenters. The van der Waals surface area contributed by atoms with E-state index in [0.717, 1.165) is 34.0 Å². The van der Waals surface area contributed by atoms with E-state index < -0.39 is 0 Å². The molecule has 4 aromatic rings. The summed E-state index contributed by atoms with van der Waals surface area (Å²) in [5.41, 5.74) is 5.93. The Morgan fingerprint density at radius 1 is 0.941 bits per heavy atom. The van der Waals surface area contributed by atoms with E-state index in [0.29, 0.717) is 20.2 Å². The van der Waals surface area contributed by atoms with Gasteiger partial charge in [0.1, 0.15) is 0 Å². The number of hydrogen-bond acceptors (Lipinski definition) is 2. The Bertz CT molecular complexity index is 1370. The zero-order valence-corrected chi connectivity index (χ0v) is 21.6. The average molecular weight is 528 g/mol. The lowest BCUT2D eigenvalue weighted by Crippen LogP contribution is -2.29. The molecular formula is C26H21Cl3N4S. The highest BCUT2D eigenvalue weighted by molar-refractivity contribution is 7.80. The van der Waals surface area contributed by atoms with Gasteiger partial charge >= 0.3 is 0 Å². The molecule has 0 bridgehead atoms. The summed E-state index contributed by atoms with van der Waals surface area (Å²) >= 11 is 25.0. The van der Waals surface area contributed by atoms with Crippen molar-refractivity contribution < 1.29 is 0 Å². The van der Waals surface area contributed by atoms with E-state index >= 15 is 0 Å². The van der Waals surface area contributed by atoms with Crippen molar-refractivity contribution in [3.05, 3.63) is 111 Å². The van der Waals surface area contributed by atoms with Crippen molar-refractivity contribution in [1.82, 2.24) is 14.9 Å². The highest BCUT2D eigenvalue weighted by atomic mass is 35.5. The monoisotopic (exact) mass is 526 g/mol. The van der Waals surface area contributed by atoms with Gasteiger partial charge in [0.05, 0.1) is 33.5 Å². The summed E-state index contributed by atoms with van der Waals surface area (Å²) in [6, 6.07) is 21.2. The molecule has 172 valence electrons.